The third kappa shape index (κ3) is 3.13. The van der Waals surface area contributed by atoms with E-state index in [1.54, 1.807) is 0 Å². The molecule has 0 rings (SSSR count). The summed E-state index contributed by atoms with van der Waals surface area (Å²) in [5, 5.41) is 7.02. The lowest BCUT2D eigenvalue weighted by Gasteiger charge is -2.31. The molecule has 0 aromatic rings. The van der Waals surface area contributed by atoms with Gasteiger partial charge in [0.15, 0.2) is 5.60 Å². The van der Waals surface area contributed by atoms with Gasteiger partial charge in [-0.2, -0.15) is 0 Å². The monoisotopic (exact) mass is 164 g/mol. The van der Waals surface area contributed by atoms with Crippen LogP contribution in [-0.4, -0.2) is 37.8 Å². The summed E-state index contributed by atoms with van der Waals surface area (Å²) in [6.45, 7) is 6.02. The molecule has 0 saturated heterocycles. The highest BCUT2D eigenvalue weighted by Gasteiger charge is 2.32. The summed E-state index contributed by atoms with van der Waals surface area (Å²) in [5.41, 5.74) is -1.42. The van der Waals surface area contributed by atoms with Crippen molar-refractivity contribution < 1.29 is 14.6 Å². The van der Waals surface area contributed by atoms with E-state index < -0.39 is 17.0 Å². The molecule has 0 aliphatic heterocycles. The maximum atomic E-state index is 10.5. The highest BCUT2D eigenvalue weighted by molar-refractivity contribution is 6.40. The third-order valence-corrected chi connectivity index (χ3v) is 1.27. The number of carboxylic acids is 1. The molecule has 4 radical (unpaired) electrons. The molecule has 1 N–H and O–H groups in total. The highest BCUT2D eigenvalue weighted by atomic mass is 16.5. The van der Waals surface area contributed by atoms with E-state index in [1.807, 2.05) is 0 Å². The van der Waals surface area contributed by atoms with E-state index in [9.17, 15) is 4.79 Å². The molecule has 0 unspecified atom stereocenters. The lowest BCUT2D eigenvalue weighted by Crippen LogP contribution is -2.45. The van der Waals surface area contributed by atoms with Crippen LogP contribution >= 0.6 is 0 Å². The average Bonchev–Trinajstić information content (AvgIpc) is 1.85. The van der Waals surface area contributed by atoms with E-state index in [-0.39, 0.29) is 0 Å². The van der Waals surface area contributed by atoms with Gasteiger partial charge in [-0.3, -0.25) is 0 Å². The topological polar surface area (TPSA) is 46.5 Å². The van der Waals surface area contributed by atoms with Crippen molar-refractivity contribution in [3.8, 4) is 0 Å². The second-order valence-electron chi connectivity index (χ2n) is 2.98. The lowest BCUT2D eigenvalue weighted by molar-refractivity contribution is -0.163. The number of hydrogen-bond acceptors (Lipinski definition) is 2. The van der Waals surface area contributed by atoms with Crippen LogP contribution in [0.3, 0.4) is 0 Å². The zero-order chi connectivity index (χ0) is 9.99. The van der Waals surface area contributed by atoms with Crippen LogP contribution in [0, 0.1) is 0 Å². The van der Waals surface area contributed by atoms with Crippen LogP contribution in [0.4, 0.5) is 0 Å². The molecule has 0 fully saturated rings. The smallest absolute Gasteiger partial charge is 0.335 e. The Morgan fingerprint density at radius 2 is 2.00 bits per heavy atom. The Balaban J connectivity index is 4.44. The van der Waals surface area contributed by atoms with E-state index in [0.717, 1.165) is 6.08 Å². The Morgan fingerprint density at radius 1 is 1.58 bits per heavy atom. The van der Waals surface area contributed by atoms with Crippen LogP contribution in [0.5, 0.6) is 0 Å². The van der Waals surface area contributed by atoms with E-state index >= 15 is 0 Å². The number of carbonyl (C=O) groups is 1. The van der Waals surface area contributed by atoms with Crippen LogP contribution < -0.4 is 0 Å². The van der Waals surface area contributed by atoms with Crippen LogP contribution in [0.2, 0.25) is 0 Å². The largest absolute Gasteiger partial charge is 0.479 e. The van der Waals surface area contributed by atoms with Gasteiger partial charge in [-0.25, -0.2) is 4.79 Å². The third-order valence-electron chi connectivity index (χ3n) is 1.27. The zero-order valence-corrected chi connectivity index (χ0v) is 7.20. The molecule has 5 heteroatoms. The highest BCUT2D eigenvalue weighted by Crippen LogP contribution is 2.16. The molecular formula is C7H10B2O3. The molecule has 0 aliphatic rings. The summed E-state index contributed by atoms with van der Waals surface area (Å²) in [6.07, 6.45) is 1.14. The normalized spacial score (nSPS) is 12.5. The van der Waals surface area contributed by atoms with Crippen molar-refractivity contribution in [3.63, 3.8) is 0 Å². The number of hydrogen-bond donors (Lipinski definition) is 1. The summed E-state index contributed by atoms with van der Waals surface area (Å²) < 4.78 is 4.87. The Labute approximate surface area is 74.6 Å². The minimum atomic E-state index is -1.61. The summed E-state index contributed by atoms with van der Waals surface area (Å²) in [5.74, 6) is -1.13. The minimum absolute atomic E-state index is 1.13. The molecule has 0 saturated carbocycles. The molecule has 0 aliphatic carbocycles. The molecule has 12 heavy (non-hydrogen) atoms. The predicted octanol–water partition coefficient (Wildman–Crippen LogP) is 0.0430. The quantitative estimate of drug-likeness (QED) is 0.471. The molecule has 0 atom stereocenters. The molecule has 62 valence electrons. The number of ether oxygens (including phenoxy) is 1. The second-order valence-corrected chi connectivity index (χ2v) is 2.98. The van der Waals surface area contributed by atoms with Crippen LogP contribution in [-0.2, 0) is 9.53 Å². The van der Waals surface area contributed by atoms with Crippen molar-refractivity contribution in [1.29, 1.82) is 0 Å². The van der Waals surface area contributed by atoms with Gasteiger partial charge in [0.25, 0.3) is 0 Å². The van der Waals surface area contributed by atoms with Crippen molar-refractivity contribution in [2.45, 2.75) is 24.8 Å². The molecule has 0 amide bonds. The van der Waals surface area contributed by atoms with Gasteiger partial charge < -0.3 is 9.84 Å². The average molecular weight is 164 g/mol. The van der Waals surface area contributed by atoms with Crippen LogP contribution in [0.1, 0.15) is 13.8 Å². The molecule has 3 nitrogen and oxygen atoms in total. The summed E-state index contributed by atoms with van der Waals surface area (Å²) in [4.78, 5) is 10.5. The van der Waals surface area contributed by atoms with Gasteiger partial charge in [-0.15, -0.1) is 6.58 Å². The summed E-state index contributed by atoms with van der Waals surface area (Å²) >= 11 is 0. The van der Waals surface area contributed by atoms with E-state index in [0.29, 0.717) is 0 Å². The molecule has 0 bridgehead atoms. The molecule has 0 spiro atoms. The van der Waals surface area contributed by atoms with Crippen LogP contribution in [0.25, 0.3) is 0 Å². The van der Waals surface area contributed by atoms with Crippen molar-refractivity contribution in [2.24, 2.45) is 0 Å². The second kappa shape index (κ2) is 3.35. The summed E-state index contributed by atoms with van der Waals surface area (Å²) in [7, 11) is 10.6. The first-order valence-electron chi connectivity index (χ1n) is 3.36. The van der Waals surface area contributed by atoms with Crippen LogP contribution in [0.15, 0.2) is 12.7 Å². The Hall–Kier alpha value is -0.700. The molecule has 0 aromatic heterocycles. The van der Waals surface area contributed by atoms with Crippen molar-refractivity contribution >= 4 is 21.7 Å². The molecule has 0 heterocycles. The fourth-order valence-corrected chi connectivity index (χ4v) is 0.527. The Bertz CT molecular complexity index is 199. The van der Waals surface area contributed by atoms with E-state index in [4.69, 9.17) is 25.5 Å². The van der Waals surface area contributed by atoms with Gasteiger partial charge in [0.2, 0.25) is 0 Å². The van der Waals surface area contributed by atoms with Gasteiger partial charge in [0.1, 0.15) is 15.7 Å². The van der Waals surface area contributed by atoms with Crippen molar-refractivity contribution in [3.05, 3.63) is 12.7 Å². The van der Waals surface area contributed by atoms with Gasteiger partial charge >= 0.3 is 5.97 Å². The van der Waals surface area contributed by atoms with Crippen molar-refractivity contribution in [2.75, 3.05) is 0 Å². The lowest BCUT2D eigenvalue weighted by atomic mass is 9.65. The number of rotatable bonds is 4. The maximum Gasteiger partial charge on any atom is 0.335 e. The van der Waals surface area contributed by atoms with Crippen molar-refractivity contribution in [1.82, 2.24) is 0 Å². The first-order valence-corrected chi connectivity index (χ1v) is 3.36. The van der Waals surface area contributed by atoms with Gasteiger partial charge in [0, 0.05) is 5.40 Å². The molecular weight excluding hydrogens is 154 g/mol. The standard InChI is InChI=1S/C7H10B2O3/c1-4-7(8,9)12-6(2,3)5(10)11/h4H,1H2,2-3H3,(H,10,11). The minimum Gasteiger partial charge on any atom is -0.479 e. The fraction of sp³-hybridized carbons (Fsp3) is 0.571. The first-order chi connectivity index (χ1) is 5.21. The predicted molar refractivity (Wildman–Crippen MR) is 47.2 cm³/mol. The van der Waals surface area contributed by atoms with Gasteiger partial charge in [0.05, 0.1) is 0 Å². The van der Waals surface area contributed by atoms with Gasteiger partial charge in [-0.05, 0) is 13.8 Å². The number of carboxylic acid groups (broad SMARTS) is 1. The fourth-order valence-electron chi connectivity index (χ4n) is 0.527. The van der Waals surface area contributed by atoms with E-state index in [1.165, 1.54) is 13.8 Å². The van der Waals surface area contributed by atoms with E-state index in [2.05, 4.69) is 6.58 Å². The Kier molecular flexibility index (Phi) is 3.16. The maximum absolute atomic E-state index is 10.5. The first kappa shape index (κ1) is 11.3. The SMILES string of the molecule is [B]C([B])(C=C)OC(C)(C)C(=O)O. The zero-order valence-electron chi connectivity index (χ0n) is 7.20. The molecule has 0 aromatic carbocycles. The number of aliphatic carboxylic acids is 1. The van der Waals surface area contributed by atoms with Gasteiger partial charge in [-0.1, -0.05) is 6.08 Å². The summed E-state index contributed by atoms with van der Waals surface area (Å²) in [6, 6.07) is 0. The Morgan fingerprint density at radius 3 is 2.25 bits per heavy atom.